The Morgan fingerprint density at radius 3 is 2.65 bits per heavy atom. The lowest BCUT2D eigenvalue weighted by Crippen LogP contribution is -2.30. The quantitative estimate of drug-likeness (QED) is 0.793. The van der Waals surface area contributed by atoms with Gasteiger partial charge in [0.25, 0.3) is 0 Å². The number of nitrogens with one attached hydrogen (secondary N) is 2. The van der Waals surface area contributed by atoms with Crippen LogP contribution in [0.5, 0.6) is 0 Å². The van der Waals surface area contributed by atoms with Gasteiger partial charge in [-0.25, -0.2) is 13.1 Å². The molecule has 0 saturated carbocycles. The zero-order chi connectivity index (χ0) is 12.9. The molecule has 0 amide bonds. The summed E-state index contributed by atoms with van der Waals surface area (Å²) < 4.78 is 24.7. The minimum atomic E-state index is -3.11. The van der Waals surface area contributed by atoms with Gasteiger partial charge in [-0.2, -0.15) is 0 Å². The smallest absolute Gasteiger partial charge is 0.212 e. The van der Waals surface area contributed by atoms with Gasteiger partial charge in [-0.15, -0.1) is 11.3 Å². The van der Waals surface area contributed by atoms with Crippen molar-refractivity contribution in [2.75, 3.05) is 19.3 Å². The molecule has 1 aromatic heterocycles. The van der Waals surface area contributed by atoms with E-state index in [1.807, 2.05) is 0 Å². The van der Waals surface area contributed by atoms with Crippen LogP contribution in [0.4, 0.5) is 0 Å². The summed E-state index contributed by atoms with van der Waals surface area (Å²) in [5.41, 5.74) is 0. The van der Waals surface area contributed by atoms with Gasteiger partial charge in [-0.1, -0.05) is 6.92 Å². The van der Waals surface area contributed by atoms with Crippen molar-refractivity contribution in [1.29, 1.82) is 0 Å². The summed E-state index contributed by atoms with van der Waals surface area (Å²) in [5.74, 6) is 0.111. The fraction of sp³-hybridized carbons (Fsp3) is 0.636. The predicted molar refractivity (Wildman–Crippen MR) is 73.0 cm³/mol. The van der Waals surface area contributed by atoms with Crippen LogP contribution >= 0.6 is 11.3 Å². The molecule has 0 bridgehead atoms. The first kappa shape index (κ1) is 14.6. The van der Waals surface area contributed by atoms with Crippen molar-refractivity contribution in [3.63, 3.8) is 0 Å². The van der Waals surface area contributed by atoms with E-state index in [4.69, 9.17) is 0 Å². The molecule has 2 N–H and O–H groups in total. The van der Waals surface area contributed by atoms with Crippen LogP contribution in [0.15, 0.2) is 12.1 Å². The minimum absolute atomic E-state index is 0.111. The average molecular weight is 276 g/mol. The first-order chi connectivity index (χ1) is 7.98. The SMILES string of the molecule is CCc1ccc(C(C)NCCS(=O)(=O)NC)s1. The molecule has 0 aliphatic carbocycles. The molecule has 0 aliphatic rings. The fourth-order valence-corrected chi connectivity index (χ4v) is 3.00. The van der Waals surface area contributed by atoms with Crippen LogP contribution in [0.1, 0.15) is 29.6 Å². The van der Waals surface area contributed by atoms with Gasteiger partial charge < -0.3 is 5.32 Å². The molecule has 0 saturated heterocycles. The second kappa shape index (κ2) is 6.49. The average Bonchev–Trinajstić information content (AvgIpc) is 2.77. The van der Waals surface area contributed by atoms with E-state index in [1.165, 1.54) is 16.8 Å². The summed E-state index contributed by atoms with van der Waals surface area (Å²) in [6, 6.07) is 4.43. The van der Waals surface area contributed by atoms with Crippen molar-refractivity contribution in [3.8, 4) is 0 Å². The molecule has 0 radical (unpaired) electrons. The number of rotatable bonds is 7. The van der Waals surface area contributed by atoms with Gasteiger partial charge in [-0.05, 0) is 32.5 Å². The van der Waals surface area contributed by atoms with Crippen LogP contribution in [0, 0.1) is 0 Å². The molecule has 0 fully saturated rings. The molecular formula is C11H20N2O2S2. The maximum atomic E-state index is 11.2. The van der Waals surface area contributed by atoms with Crippen LogP contribution in [0.3, 0.4) is 0 Å². The lowest BCUT2D eigenvalue weighted by Gasteiger charge is -2.11. The minimum Gasteiger partial charge on any atom is -0.308 e. The third kappa shape index (κ3) is 4.75. The maximum absolute atomic E-state index is 11.2. The zero-order valence-corrected chi connectivity index (χ0v) is 12.1. The fourth-order valence-electron chi connectivity index (χ4n) is 1.43. The topological polar surface area (TPSA) is 58.2 Å². The Morgan fingerprint density at radius 1 is 1.41 bits per heavy atom. The van der Waals surface area contributed by atoms with Crippen molar-refractivity contribution in [2.45, 2.75) is 26.3 Å². The lowest BCUT2D eigenvalue weighted by atomic mass is 10.2. The van der Waals surface area contributed by atoms with Crippen molar-refractivity contribution < 1.29 is 8.42 Å². The van der Waals surface area contributed by atoms with E-state index in [9.17, 15) is 8.42 Å². The van der Waals surface area contributed by atoms with Gasteiger partial charge in [-0.3, -0.25) is 0 Å². The van der Waals surface area contributed by atoms with E-state index < -0.39 is 10.0 Å². The summed E-state index contributed by atoms with van der Waals surface area (Å²) in [7, 11) is -1.67. The Labute approximate surface area is 107 Å². The predicted octanol–water partition coefficient (Wildman–Crippen LogP) is 1.51. The van der Waals surface area contributed by atoms with E-state index in [2.05, 4.69) is 36.0 Å². The Kier molecular flexibility index (Phi) is 5.58. The molecule has 17 heavy (non-hydrogen) atoms. The van der Waals surface area contributed by atoms with Crippen LogP contribution in [0.2, 0.25) is 0 Å². The second-order valence-corrected chi connectivity index (χ2v) is 7.10. The van der Waals surface area contributed by atoms with E-state index in [-0.39, 0.29) is 11.8 Å². The second-order valence-electron chi connectivity index (χ2n) is 3.86. The molecule has 1 heterocycles. The van der Waals surface area contributed by atoms with E-state index >= 15 is 0 Å². The highest BCUT2D eigenvalue weighted by molar-refractivity contribution is 7.89. The third-order valence-electron chi connectivity index (χ3n) is 2.59. The number of sulfonamides is 1. The van der Waals surface area contributed by atoms with Crippen molar-refractivity contribution in [3.05, 3.63) is 21.9 Å². The van der Waals surface area contributed by atoms with E-state index in [1.54, 1.807) is 11.3 Å². The van der Waals surface area contributed by atoms with Crippen molar-refractivity contribution in [2.24, 2.45) is 0 Å². The standard InChI is InChI=1S/C11H20N2O2S2/c1-4-10-5-6-11(16-10)9(2)13-7-8-17(14,15)12-3/h5-6,9,12-13H,4,7-8H2,1-3H3. The van der Waals surface area contributed by atoms with Crippen molar-refractivity contribution in [1.82, 2.24) is 10.0 Å². The summed E-state index contributed by atoms with van der Waals surface area (Å²) in [6.07, 6.45) is 1.05. The summed E-state index contributed by atoms with van der Waals surface area (Å²) in [4.78, 5) is 2.61. The first-order valence-corrected chi connectivity index (χ1v) is 8.18. The molecule has 0 spiro atoms. The summed E-state index contributed by atoms with van der Waals surface area (Å²) in [5, 5.41) is 3.22. The van der Waals surface area contributed by atoms with Crippen LogP contribution in [0.25, 0.3) is 0 Å². The Balaban J connectivity index is 2.42. The molecule has 98 valence electrons. The molecule has 4 nitrogen and oxygen atoms in total. The number of hydrogen-bond acceptors (Lipinski definition) is 4. The largest absolute Gasteiger partial charge is 0.308 e. The normalized spacial score (nSPS) is 13.8. The van der Waals surface area contributed by atoms with Gasteiger partial charge in [0.15, 0.2) is 0 Å². The highest BCUT2D eigenvalue weighted by Crippen LogP contribution is 2.23. The number of hydrogen-bond donors (Lipinski definition) is 2. The van der Waals surface area contributed by atoms with Gasteiger partial charge in [0, 0.05) is 22.3 Å². The van der Waals surface area contributed by atoms with E-state index in [0.29, 0.717) is 6.54 Å². The Hall–Kier alpha value is -0.430. The molecule has 6 heteroatoms. The van der Waals surface area contributed by atoms with Gasteiger partial charge in [0.05, 0.1) is 5.75 Å². The van der Waals surface area contributed by atoms with Crippen LogP contribution < -0.4 is 10.0 Å². The van der Waals surface area contributed by atoms with Gasteiger partial charge in [0.2, 0.25) is 10.0 Å². The Morgan fingerprint density at radius 2 is 2.12 bits per heavy atom. The molecule has 1 aromatic rings. The van der Waals surface area contributed by atoms with Crippen LogP contribution in [-0.4, -0.2) is 27.8 Å². The number of thiophene rings is 1. The zero-order valence-electron chi connectivity index (χ0n) is 10.5. The Bertz CT molecular complexity index is 440. The maximum Gasteiger partial charge on any atom is 0.212 e. The lowest BCUT2D eigenvalue weighted by molar-refractivity contribution is 0.570. The molecule has 1 rings (SSSR count). The molecule has 0 aliphatic heterocycles. The molecule has 1 unspecified atom stereocenters. The van der Waals surface area contributed by atoms with Gasteiger partial charge in [0.1, 0.15) is 0 Å². The first-order valence-electron chi connectivity index (χ1n) is 5.71. The van der Waals surface area contributed by atoms with E-state index in [0.717, 1.165) is 6.42 Å². The molecular weight excluding hydrogens is 256 g/mol. The monoisotopic (exact) mass is 276 g/mol. The summed E-state index contributed by atoms with van der Waals surface area (Å²) in [6.45, 7) is 4.65. The number of aryl methyl sites for hydroxylation is 1. The van der Waals surface area contributed by atoms with Gasteiger partial charge >= 0.3 is 0 Å². The van der Waals surface area contributed by atoms with Crippen LogP contribution in [-0.2, 0) is 16.4 Å². The third-order valence-corrected chi connectivity index (χ3v) is 5.37. The summed E-state index contributed by atoms with van der Waals surface area (Å²) >= 11 is 1.78. The molecule has 0 aromatic carbocycles. The van der Waals surface area contributed by atoms with Crippen molar-refractivity contribution >= 4 is 21.4 Å². The highest BCUT2D eigenvalue weighted by Gasteiger charge is 2.10. The highest BCUT2D eigenvalue weighted by atomic mass is 32.2. The molecule has 1 atom stereocenters.